The highest BCUT2D eigenvalue weighted by Gasteiger charge is 2.33. The maximum atomic E-state index is 11.0. The van der Waals surface area contributed by atoms with Gasteiger partial charge in [0.15, 0.2) is 0 Å². The van der Waals surface area contributed by atoms with E-state index in [1.54, 1.807) is 21.0 Å². The second kappa shape index (κ2) is 7.60. The normalized spacial score (nSPS) is 16.8. The predicted octanol–water partition coefficient (Wildman–Crippen LogP) is 0.901. The summed E-state index contributed by atoms with van der Waals surface area (Å²) in [6.45, 7) is 4.45. The zero-order chi connectivity index (χ0) is 12.6. The van der Waals surface area contributed by atoms with E-state index >= 15 is 0 Å². The minimum Gasteiger partial charge on any atom is -0.481 e. The molecule has 16 heavy (non-hydrogen) atoms. The number of carbonyl (C=O) groups is 1. The molecule has 2 N–H and O–H groups in total. The number of carboxylic acid groups (broad SMARTS) is 1. The zero-order valence-corrected chi connectivity index (χ0v) is 10.2. The van der Waals surface area contributed by atoms with Gasteiger partial charge in [0.05, 0.1) is 31.3 Å². The molecule has 0 heterocycles. The Kier molecular flexibility index (Phi) is 7.29. The Balaban J connectivity index is 3.92. The first-order valence-corrected chi connectivity index (χ1v) is 5.44. The molecule has 0 aromatic carbocycles. The Morgan fingerprint density at radius 1 is 1.44 bits per heavy atom. The Morgan fingerprint density at radius 3 is 2.50 bits per heavy atom. The van der Waals surface area contributed by atoms with Crippen molar-refractivity contribution >= 4 is 5.97 Å². The van der Waals surface area contributed by atoms with Crippen molar-refractivity contribution < 1.29 is 24.5 Å². The Bertz CT molecular complexity index is 207. The van der Waals surface area contributed by atoms with Crippen molar-refractivity contribution in [2.45, 2.75) is 32.8 Å². The number of methoxy groups -OCH3 is 1. The van der Waals surface area contributed by atoms with Crippen LogP contribution in [0.3, 0.4) is 0 Å². The maximum Gasteiger partial charge on any atom is 0.309 e. The van der Waals surface area contributed by atoms with Crippen molar-refractivity contribution in [3.05, 3.63) is 0 Å². The molecule has 5 nitrogen and oxygen atoms in total. The number of aliphatic hydroxyl groups excluding tert-OH is 1. The number of hydrogen-bond donors (Lipinski definition) is 2. The quantitative estimate of drug-likeness (QED) is 0.580. The van der Waals surface area contributed by atoms with Crippen LogP contribution in [0.4, 0.5) is 0 Å². The first-order chi connectivity index (χ1) is 7.46. The van der Waals surface area contributed by atoms with E-state index in [0.29, 0.717) is 19.6 Å². The Hall–Kier alpha value is -0.650. The van der Waals surface area contributed by atoms with Crippen LogP contribution >= 0.6 is 0 Å². The molecular formula is C11H22O5. The van der Waals surface area contributed by atoms with Gasteiger partial charge >= 0.3 is 5.97 Å². The molecule has 5 heteroatoms. The second-order valence-corrected chi connectivity index (χ2v) is 4.15. The van der Waals surface area contributed by atoms with Crippen LogP contribution in [0.15, 0.2) is 0 Å². The molecule has 2 unspecified atom stereocenters. The van der Waals surface area contributed by atoms with Gasteiger partial charge in [0.25, 0.3) is 0 Å². The summed E-state index contributed by atoms with van der Waals surface area (Å²) in [5.74, 6) is -0.883. The number of rotatable bonds is 9. The van der Waals surface area contributed by atoms with Crippen LogP contribution < -0.4 is 0 Å². The standard InChI is InChI=1S/C11H22O5/c1-4-11(2,10(13)14)7-9(12)8-16-6-5-15-3/h9,12H,4-8H2,1-3H3,(H,13,14). The monoisotopic (exact) mass is 234 g/mol. The maximum absolute atomic E-state index is 11.0. The van der Waals surface area contributed by atoms with Crippen LogP contribution in [0.25, 0.3) is 0 Å². The van der Waals surface area contributed by atoms with Crippen LogP contribution in [0.5, 0.6) is 0 Å². The summed E-state index contributed by atoms with van der Waals surface area (Å²) in [6, 6.07) is 0. The Morgan fingerprint density at radius 2 is 2.06 bits per heavy atom. The fourth-order valence-electron chi connectivity index (χ4n) is 1.32. The van der Waals surface area contributed by atoms with E-state index in [9.17, 15) is 9.90 Å². The number of aliphatic hydroxyl groups is 1. The predicted molar refractivity (Wildman–Crippen MR) is 59.4 cm³/mol. The fourth-order valence-corrected chi connectivity index (χ4v) is 1.32. The molecule has 0 bridgehead atoms. The van der Waals surface area contributed by atoms with Gasteiger partial charge in [-0.25, -0.2) is 0 Å². The third-order valence-corrected chi connectivity index (χ3v) is 2.72. The smallest absolute Gasteiger partial charge is 0.309 e. The first kappa shape index (κ1) is 15.3. The third-order valence-electron chi connectivity index (χ3n) is 2.72. The van der Waals surface area contributed by atoms with Gasteiger partial charge in [-0.2, -0.15) is 0 Å². The summed E-state index contributed by atoms with van der Waals surface area (Å²) in [5, 5.41) is 18.7. The summed E-state index contributed by atoms with van der Waals surface area (Å²) in [6.07, 6.45) is -0.0681. The van der Waals surface area contributed by atoms with Crippen molar-refractivity contribution in [1.29, 1.82) is 0 Å². The molecule has 0 aliphatic carbocycles. The topological polar surface area (TPSA) is 76.0 Å². The molecule has 0 rings (SSSR count). The number of aliphatic carboxylic acids is 1. The average Bonchev–Trinajstić information content (AvgIpc) is 2.24. The summed E-state index contributed by atoms with van der Waals surface area (Å²) < 4.78 is 9.92. The highest BCUT2D eigenvalue weighted by molar-refractivity contribution is 5.74. The summed E-state index contributed by atoms with van der Waals surface area (Å²) in [5.41, 5.74) is -0.885. The van der Waals surface area contributed by atoms with Gasteiger partial charge in [-0.1, -0.05) is 6.92 Å². The van der Waals surface area contributed by atoms with Crippen LogP contribution in [-0.2, 0) is 14.3 Å². The van der Waals surface area contributed by atoms with Gasteiger partial charge in [0.2, 0.25) is 0 Å². The molecule has 96 valence electrons. The average molecular weight is 234 g/mol. The SMILES string of the molecule is CCC(C)(CC(O)COCCOC)C(=O)O. The number of carboxylic acids is 1. The summed E-state index contributed by atoms with van der Waals surface area (Å²) in [4.78, 5) is 11.0. The van der Waals surface area contributed by atoms with Gasteiger partial charge in [-0.3, -0.25) is 4.79 Å². The molecule has 0 aliphatic heterocycles. The molecule has 0 saturated carbocycles. The summed E-state index contributed by atoms with van der Waals surface area (Å²) >= 11 is 0. The minimum absolute atomic E-state index is 0.145. The van der Waals surface area contributed by atoms with E-state index < -0.39 is 17.5 Å². The summed E-state index contributed by atoms with van der Waals surface area (Å²) in [7, 11) is 1.57. The number of ether oxygens (including phenoxy) is 2. The zero-order valence-electron chi connectivity index (χ0n) is 10.2. The Labute approximate surface area is 96.4 Å². The molecule has 0 fully saturated rings. The van der Waals surface area contributed by atoms with Crippen molar-refractivity contribution in [3.63, 3.8) is 0 Å². The van der Waals surface area contributed by atoms with Crippen LogP contribution in [-0.4, -0.2) is 49.2 Å². The lowest BCUT2D eigenvalue weighted by Crippen LogP contribution is -2.33. The van der Waals surface area contributed by atoms with Crippen LogP contribution in [0, 0.1) is 5.41 Å². The van der Waals surface area contributed by atoms with E-state index in [0.717, 1.165) is 0 Å². The van der Waals surface area contributed by atoms with E-state index in [4.69, 9.17) is 14.6 Å². The van der Waals surface area contributed by atoms with Crippen molar-refractivity contribution in [3.8, 4) is 0 Å². The molecule has 2 atom stereocenters. The lowest BCUT2D eigenvalue weighted by molar-refractivity contribution is -0.150. The van der Waals surface area contributed by atoms with Crippen molar-refractivity contribution in [2.75, 3.05) is 26.9 Å². The van der Waals surface area contributed by atoms with E-state index in [-0.39, 0.29) is 13.0 Å². The van der Waals surface area contributed by atoms with E-state index in [1.165, 1.54) is 0 Å². The third kappa shape index (κ3) is 5.44. The molecule has 0 amide bonds. The highest BCUT2D eigenvalue weighted by atomic mass is 16.5. The lowest BCUT2D eigenvalue weighted by Gasteiger charge is -2.25. The van der Waals surface area contributed by atoms with Gasteiger partial charge in [0, 0.05) is 7.11 Å². The molecule has 0 aromatic rings. The van der Waals surface area contributed by atoms with Crippen LogP contribution in [0.1, 0.15) is 26.7 Å². The van der Waals surface area contributed by atoms with Crippen molar-refractivity contribution in [1.82, 2.24) is 0 Å². The molecule has 0 spiro atoms. The van der Waals surface area contributed by atoms with Gasteiger partial charge in [0.1, 0.15) is 0 Å². The van der Waals surface area contributed by atoms with Crippen molar-refractivity contribution in [2.24, 2.45) is 5.41 Å². The lowest BCUT2D eigenvalue weighted by atomic mass is 9.82. The molecular weight excluding hydrogens is 212 g/mol. The van der Waals surface area contributed by atoms with E-state index in [2.05, 4.69) is 0 Å². The van der Waals surface area contributed by atoms with Crippen LogP contribution in [0.2, 0.25) is 0 Å². The molecule has 0 radical (unpaired) electrons. The molecule has 0 aromatic heterocycles. The fraction of sp³-hybridized carbons (Fsp3) is 0.909. The second-order valence-electron chi connectivity index (χ2n) is 4.15. The molecule has 0 aliphatic rings. The van der Waals surface area contributed by atoms with Gasteiger partial charge in [-0.15, -0.1) is 0 Å². The highest BCUT2D eigenvalue weighted by Crippen LogP contribution is 2.27. The molecule has 0 saturated heterocycles. The first-order valence-electron chi connectivity index (χ1n) is 5.44. The largest absolute Gasteiger partial charge is 0.481 e. The van der Waals surface area contributed by atoms with Gasteiger partial charge < -0.3 is 19.7 Å². The number of hydrogen-bond acceptors (Lipinski definition) is 4. The van der Waals surface area contributed by atoms with Gasteiger partial charge in [-0.05, 0) is 19.8 Å². The van der Waals surface area contributed by atoms with E-state index in [1.807, 2.05) is 0 Å². The minimum atomic E-state index is -0.885.